The molecule has 0 aliphatic heterocycles. The molecule has 142 valence electrons. The molecule has 1 aliphatic carbocycles. The second kappa shape index (κ2) is 6.95. The summed E-state index contributed by atoms with van der Waals surface area (Å²) in [5.74, 6) is 0.0951. The van der Waals surface area contributed by atoms with Gasteiger partial charge in [0.1, 0.15) is 0 Å². The Labute approximate surface area is 156 Å². The van der Waals surface area contributed by atoms with Gasteiger partial charge in [0.2, 0.25) is 10.1 Å². The first-order chi connectivity index (χ1) is 12.9. The van der Waals surface area contributed by atoms with Crippen molar-refractivity contribution in [3.8, 4) is 0 Å². The Morgan fingerprint density at radius 3 is 2.56 bits per heavy atom. The van der Waals surface area contributed by atoms with E-state index in [0.29, 0.717) is 10.1 Å². The monoisotopic (exact) mass is 394 g/mol. The highest BCUT2D eigenvalue weighted by Gasteiger charge is 2.32. The zero-order chi connectivity index (χ0) is 19.0. The third kappa shape index (κ3) is 3.69. The molecule has 1 aromatic carbocycles. The summed E-state index contributed by atoms with van der Waals surface area (Å²) in [5.41, 5.74) is 0.00651. The highest BCUT2D eigenvalue weighted by molar-refractivity contribution is 7.20. The molecule has 4 rings (SSSR count). The van der Waals surface area contributed by atoms with Crippen LogP contribution in [-0.4, -0.2) is 20.6 Å². The highest BCUT2D eigenvalue weighted by Crippen LogP contribution is 2.37. The Bertz CT molecular complexity index is 996. The molecule has 2 atom stereocenters. The van der Waals surface area contributed by atoms with E-state index in [1.54, 1.807) is 12.1 Å². The molecule has 0 unspecified atom stereocenters. The van der Waals surface area contributed by atoms with Crippen LogP contribution in [0.3, 0.4) is 0 Å². The minimum absolute atomic E-state index is 0.0479. The molecule has 2 aromatic heterocycles. The highest BCUT2D eigenvalue weighted by atomic mass is 32.1. The van der Waals surface area contributed by atoms with E-state index in [-0.39, 0.29) is 17.5 Å². The van der Waals surface area contributed by atoms with Crippen LogP contribution in [0, 0.1) is 0 Å². The second-order valence-electron chi connectivity index (χ2n) is 6.65. The van der Waals surface area contributed by atoms with E-state index >= 15 is 0 Å². The zero-order valence-corrected chi connectivity index (χ0v) is 15.1. The van der Waals surface area contributed by atoms with Crippen molar-refractivity contribution in [2.75, 3.05) is 5.32 Å². The molecule has 0 amide bonds. The Morgan fingerprint density at radius 1 is 1.11 bits per heavy atom. The molecule has 0 radical (unpaired) electrons. The topological polar surface area (TPSA) is 59.3 Å². The number of anilines is 1. The predicted molar refractivity (Wildman–Crippen MR) is 97.2 cm³/mol. The minimum atomic E-state index is -4.33. The van der Waals surface area contributed by atoms with E-state index in [0.717, 1.165) is 43.4 Å². The zero-order valence-electron chi connectivity index (χ0n) is 14.2. The van der Waals surface area contributed by atoms with Gasteiger partial charge in [0.25, 0.3) is 5.56 Å². The molecule has 27 heavy (non-hydrogen) atoms. The Hall–Kier alpha value is -2.42. The lowest BCUT2D eigenvalue weighted by Crippen LogP contribution is -2.30. The SMILES string of the molecule is O=c1ccnc2sc(N[C@H]3CCCC[C@H]3c3ccc(C(F)(F)F)cc3)nn12. The summed E-state index contributed by atoms with van der Waals surface area (Å²) in [6.45, 7) is 0. The molecular formula is C18H17F3N4OS. The van der Waals surface area contributed by atoms with Crippen LogP contribution in [0.25, 0.3) is 4.96 Å². The van der Waals surface area contributed by atoms with Gasteiger partial charge in [0.15, 0.2) is 0 Å². The van der Waals surface area contributed by atoms with Crippen molar-refractivity contribution in [1.29, 1.82) is 0 Å². The number of hydrogen-bond acceptors (Lipinski definition) is 5. The van der Waals surface area contributed by atoms with Crippen LogP contribution in [0.1, 0.15) is 42.7 Å². The molecule has 5 nitrogen and oxygen atoms in total. The van der Waals surface area contributed by atoms with Gasteiger partial charge in [-0.15, -0.1) is 5.10 Å². The molecule has 3 aromatic rings. The maximum absolute atomic E-state index is 12.8. The Balaban J connectivity index is 1.58. The lowest BCUT2D eigenvalue weighted by Gasteiger charge is -2.32. The normalized spacial score (nSPS) is 20.7. The smallest absolute Gasteiger partial charge is 0.357 e. The number of benzene rings is 1. The van der Waals surface area contributed by atoms with Crippen molar-refractivity contribution in [2.24, 2.45) is 0 Å². The standard InChI is InChI=1S/C18H17F3N4OS/c19-18(20,21)12-7-5-11(6-8-12)13-3-1-2-4-14(13)23-16-24-25-15(26)9-10-22-17(25)27-16/h5-10,13-14H,1-4H2,(H,23,24)/t13-,14-/m0/s1. The van der Waals surface area contributed by atoms with E-state index in [1.165, 1.54) is 28.1 Å². The molecule has 1 N–H and O–H groups in total. The first kappa shape index (κ1) is 18.0. The van der Waals surface area contributed by atoms with Gasteiger partial charge in [0, 0.05) is 24.2 Å². The summed E-state index contributed by atoms with van der Waals surface area (Å²) in [5, 5.41) is 8.25. The van der Waals surface area contributed by atoms with E-state index in [1.807, 2.05) is 0 Å². The predicted octanol–water partition coefficient (Wildman–Crippen LogP) is 4.31. The first-order valence-corrected chi connectivity index (χ1v) is 9.52. The third-order valence-corrected chi connectivity index (χ3v) is 5.77. The molecule has 0 bridgehead atoms. The molecule has 0 spiro atoms. The fourth-order valence-electron chi connectivity index (χ4n) is 3.58. The van der Waals surface area contributed by atoms with E-state index in [4.69, 9.17) is 0 Å². The molecule has 1 saturated carbocycles. The van der Waals surface area contributed by atoms with Gasteiger partial charge in [-0.05, 0) is 30.5 Å². The summed E-state index contributed by atoms with van der Waals surface area (Å²) >= 11 is 1.29. The number of halogens is 3. The van der Waals surface area contributed by atoms with Crippen molar-refractivity contribution in [1.82, 2.24) is 14.6 Å². The second-order valence-corrected chi connectivity index (χ2v) is 7.60. The Kier molecular flexibility index (Phi) is 4.63. The molecule has 2 heterocycles. The number of aromatic nitrogens is 3. The summed E-state index contributed by atoms with van der Waals surface area (Å²) < 4.78 is 39.7. The van der Waals surface area contributed by atoms with Gasteiger partial charge in [-0.25, -0.2) is 4.98 Å². The van der Waals surface area contributed by atoms with E-state index < -0.39 is 11.7 Å². The van der Waals surface area contributed by atoms with Crippen LogP contribution in [0.15, 0.2) is 41.3 Å². The molecule has 0 saturated heterocycles. The van der Waals surface area contributed by atoms with Crippen LogP contribution in [-0.2, 0) is 6.18 Å². The van der Waals surface area contributed by atoms with Crippen molar-refractivity contribution in [2.45, 2.75) is 43.8 Å². The van der Waals surface area contributed by atoms with Gasteiger partial charge < -0.3 is 5.32 Å². The first-order valence-electron chi connectivity index (χ1n) is 8.70. The minimum Gasteiger partial charge on any atom is -0.357 e. The lowest BCUT2D eigenvalue weighted by atomic mass is 9.80. The summed E-state index contributed by atoms with van der Waals surface area (Å²) in [7, 11) is 0. The number of alkyl halides is 3. The van der Waals surface area contributed by atoms with Gasteiger partial charge in [-0.2, -0.15) is 17.7 Å². The Morgan fingerprint density at radius 2 is 1.85 bits per heavy atom. The van der Waals surface area contributed by atoms with Crippen molar-refractivity contribution in [3.63, 3.8) is 0 Å². The fourth-order valence-corrected chi connectivity index (χ4v) is 4.42. The number of nitrogens with zero attached hydrogens (tertiary/aromatic N) is 3. The van der Waals surface area contributed by atoms with Crippen molar-refractivity contribution >= 4 is 21.4 Å². The summed E-state index contributed by atoms with van der Waals surface area (Å²) in [6.07, 6.45) is 0.980. The van der Waals surface area contributed by atoms with Gasteiger partial charge in [0.05, 0.1) is 5.56 Å². The average molecular weight is 394 g/mol. The number of fused-ring (bicyclic) bond motifs is 1. The molecular weight excluding hydrogens is 377 g/mol. The van der Waals surface area contributed by atoms with Crippen LogP contribution in [0.2, 0.25) is 0 Å². The van der Waals surface area contributed by atoms with Gasteiger partial charge in [-0.3, -0.25) is 4.79 Å². The fraction of sp³-hybridized carbons (Fsp3) is 0.389. The van der Waals surface area contributed by atoms with Gasteiger partial charge in [-0.1, -0.05) is 36.3 Å². The van der Waals surface area contributed by atoms with Crippen LogP contribution in [0.4, 0.5) is 18.3 Å². The molecule has 1 aliphatic rings. The average Bonchev–Trinajstić information content (AvgIpc) is 3.06. The van der Waals surface area contributed by atoms with E-state index in [2.05, 4.69) is 15.4 Å². The van der Waals surface area contributed by atoms with Crippen LogP contribution < -0.4 is 10.9 Å². The number of rotatable bonds is 3. The summed E-state index contributed by atoms with van der Waals surface area (Å²) in [6, 6.07) is 6.81. The van der Waals surface area contributed by atoms with Crippen LogP contribution >= 0.6 is 11.3 Å². The number of nitrogens with one attached hydrogen (secondary N) is 1. The molecule has 1 fully saturated rings. The van der Waals surface area contributed by atoms with Gasteiger partial charge >= 0.3 is 6.18 Å². The van der Waals surface area contributed by atoms with E-state index in [9.17, 15) is 18.0 Å². The quantitative estimate of drug-likeness (QED) is 0.719. The van der Waals surface area contributed by atoms with Crippen LogP contribution in [0.5, 0.6) is 0 Å². The number of hydrogen-bond donors (Lipinski definition) is 1. The molecule has 9 heteroatoms. The van der Waals surface area contributed by atoms with Crippen molar-refractivity contribution in [3.05, 3.63) is 58.0 Å². The summed E-state index contributed by atoms with van der Waals surface area (Å²) in [4.78, 5) is 16.5. The van der Waals surface area contributed by atoms with Crippen molar-refractivity contribution < 1.29 is 13.2 Å². The maximum atomic E-state index is 12.8. The maximum Gasteiger partial charge on any atom is 0.416 e. The largest absolute Gasteiger partial charge is 0.416 e. The third-order valence-electron chi connectivity index (χ3n) is 4.91. The lowest BCUT2D eigenvalue weighted by molar-refractivity contribution is -0.137.